The monoisotopic (exact) mass is 458 g/mol. The number of pyridine rings is 1. The summed E-state index contributed by atoms with van der Waals surface area (Å²) in [6.45, 7) is 1.76. The summed E-state index contributed by atoms with van der Waals surface area (Å²) < 4.78 is 41.4. The number of carbonyl (C=O) groups excluding carboxylic acids is 1. The number of aromatic nitrogens is 2. The van der Waals surface area contributed by atoms with Gasteiger partial charge in [-0.2, -0.15) is 18.3 Å². The molecular formula is C26H29F3N2O2. The summed E-state index contributed by atoms with van der Waals surface area (Å²) in [6.07, 6.45) is 2.44. The van der Waals surface area contributed by atoms with Crippen LogP contribution in [0.5, 0.6) is 0 Å². The molecule has 1 N–H and O–H groups in total. The molecule has 7 heteroatoms. The van der Waals surface area contributed by atoms with Crippen molar-refractivity contribution >= 4 is 11.3 Å². The molecule has 0 radical (unpaired) electrons. The first-order chi connectivity index (χ1) is 15.6. The lowest BCUT2D eigenvalue weighted by atomic mass is 9.83. The smallest absolute Gasteiger partial charge is 0.389 e. The van der Waals surface area contributed by atoms with Crippen LogP contribution in [-0.4, -0.2) is 26.1 Å². The molecule has 0 aliphatic heterocycles. The number of hydrogen-bond acceptors (Lipinski definition) is 3. The minimum Gasteiger partial charge on any atom is -0.389 e. The number of hydrogen-bond donors (Lipinski definition) is 1. The maximum Gasteiger partial charge on any atom is 0.416 e. The lowest BCUT2D eigenvalue weighted by molar-refractivity contribution is -0.137. The molecule has 1 fully saturated rings. The first kappa shape index (κ1) is 23.5. The zero-order valence-corrected chi connectivity index (χ0v) is 18.7. The minimum atomic E-state index is -4.44. The van der Waals surface area contributed by atoms with E-state index in [4.69, 9.17) is 0 Å². The van der Waals surface area contributed by atoms with Gasteiger partial charge in [0.25, 0.3) is 0 Å². The van der Waals surface area contributed by atoms with Crippen LogP contribution in [0.2, 0.25) is 0 Å². The van der Waals surface area contributed by atoms with Crippen LogP contribution in [0.3, 0.4) is 0 Å². The fourth-order valence-electron chi connectivity index (χ4n) is 5.00. The second-order valence-electron chi connectivity index (χ2n) is 9.34. The summed E-state index contributed by atoms with van der Waals surface area (Å²) in [5.74, 6) is 0.184. The molecule has 2 aromatic heterocycles. The van der Waals surface area contributed by atoms with Gasteiger partial charge in [-0.15, -0.1) is 0 Å². The molecule has 1 unspecified atom stereocenters. The highest BCUT2D eigenvalue weighted by Gasteiger charge is 2.35. The first-order valence-electron chi connectivity index (χ1n) is 11.5. The Morgan fingerprint density at radius 2 is 1.85 bits per heavy atom. The van der Waals surface area contributed by atoms with Crippen molar-refractivity contribution in [3.05, 3.63) is 59.9 Å². The van der Waals surface area contributed by atoms with Gasteiger partial charge >= 0.3 is 6.18 Å². The van der Waals surface area contributed by atoms with Crippen LogP contribution in [0.4, 0.5) is 13.2 Å². The largest absolute Gasteiger partial charge is 0.416 e. The van der Waals surface area contributed by atoms with Gasteiger partial charge < -0.3 is 5.11 Å². The second-order valence-corrected chi connectivity index (χ2v) is 9.34. The van der Waals surface area contributed by atoms with Crippen molar-refractivity contribution in [2.75, 3.05) is 0 Å². The molecule has 1 aliphatic carbocycles. The van der Waals surface area contributed by atoms with Gasteiger partial charge in [-0.3, -0.25) is 4.79 Å². The number of rotatable bonds is 8. The van der Waals surface area contributed by atoms with Crippen LogP contribution in [0.15, 0.2) is 48.7 Å². The number of alkyl halides is 3. The van der Waals surface area contributed by atoms with Crippen molar-refractivity contribution in [1.82, 2.24) is 9.61 Å². The standard InChI is InChI=1S/C26H29F3N2O2/c1-25(33,19-10-5-6-11-19)17-21(32)12-7-13-22-24(18-8-3-2-4-9-18)23-16-20(26(27,28)29)14-15-31(23)30-22/h2-4,8-9,14-16,19,33H,5-7,10-13,17H2,1H3. The Morgan fingerprint density at radius 3 is 2.52 bits per heavy atom. The molecule has 1 aliphatic rings. The lowest BCUT2D eigenvalue weighted by Gasteiger charge is -2.29. The Kier molecular flexibility index (Phi) is 6.61. The summed E-state index contributed by atoms with van der Waals surface area (Å²) in [7, 11) is 0. The molecule has 0 bridgehead atoms. The lowest BCUT2D eigenvalue weighted by Crippen LogP contribution is -2.35. The molecule has 4 rings (SSSR count). The maximum absolute atomic E-state index is 13.3. The SMILES string of the molecule is CC(O)(CC(=O)CCCc1nn2ccc(C(F)(F)F)cc2c1-c1ccccc1)C1CCCC1. The third-order valence-corrected chi connectivity index (χ3v) is 6.76. The number of aliphatic hydroxyl groups is 1. The van der Waals surface area contributed by atoms with Crippen molar-refractivity contribution in [3.8, 4) is 11.1 Å². The average molecular weight is 459 g/mol. The van der Waals surface area contributed by atoms with E-state index in [-0.39, 0.29) is 18.1 Å². The predicted molar refractivity (Wildman–Crippen MR) is 121 cm³/mol. The van der Waals surface area contributed by atoms with Crippen LogP contribution in [-0.2, 0) is 17.4 Å². The summed E-state index contributed by atoms with van der Waals surface area (Å²) >= 11 is 0. The number of fused-ring (bicyclic) bond motifs is 1. The molecule has 1 saturated carbocycles. The van der Waals surface area contributed by atoms with Crippen molar-refractivity contribution in [2.24, 2.45) is 5.92 Å². The molecule has 0 amide bonds. The highest BCUT2D eigenvalue weighted by Crippen LogP contribution is 2.37. The second kappa shape index (κ2) is 9.29. The van der Waals surface area contributed by atoms with Crippen molar-refractivity contribution in [2.45, 2.75) is 70.1 Å². The molecule has 0 spiro atoms. The molecule has 2 heterocycles. The number of Topliss-reactive ketones (excluding diaryl/α,β-unsaturated/α-hetero) is 1. The van der Waals surface area contributed by atoms with E-state index in [1.54, 1.807) is 6.92 Å². The van der Waals surface area contributed by atoms with Crippen molar-refractivity contribution < 1.29 is 23.1 Å². The van der Waals surface area contributed by atoms with E-state index >= 15 is 0 Å². The predicted octanol–water partition coefficient (Wildman–Crippen LogP) is 6.24. The van der Waals surface area contributed by atoms with Crippen molar-refractivity contribution in [1.29, 1.82) is 0 Å². The van der Waals surface area contributed by atoms with E-state index < -0.39 is 17.3 Å². The Labute approximate surface area is 191 Å². The quantitative estimate of drug-likeness (QED) is 0.435. The highest BCUT2D eigenvalue weighted by molar-refractivity contribution is 5.83. The summed E-state index contributed by atoms with van der Waals surface area (Å²) in [4.78, 5) is 12.6. The Balaban J connectivity index is 1.53. The number of nitrogens with zero attached hydrogens (tertiary/aromatic N) is 2. The van der Waals surface area contributed by atoms with E-state index in [1.807, 2.05) is 30.3 Å². The molecule has 1 aromatic carbocycles. The van der Waals surface area contributed by atoms with Gasteiger partial charge in [0.1, 0.15) is 5.78 Å². The van der Waals surface area contributed by atoms with E-state index in [2.05, 4.69) is 5.10 Å². The molecule has 1 atom stereocenters. The van der Waals surface area contributed by atoms with E-state index in [0.717, 1.165) is 43.4 Å². The number of benzene rings is 1. The summed E-state index contributed by atoms with van der Waals surface area (Å²) in [5.41, 5.74) is 0.810. The molecule has 176 valence electrons. The third kappa shape index (κ3) is 5.29. The fraction of sp³-hybridized carbons (Fsp3) is 0.462. The Bertz CT molecular complexity index is 1110. The maximum atomic E-state index is 13.3. The zero-order valence-electron chi connectivity index (χ0n) is 18.7. The van der Waals surface area contributed by atoms with Gasteiger partial charge in [0.2, 0.25) is 0 Å². The molecule has 0 saturated heterocycles. The molecule has 33 heavy (non-hydrogen) atoms. The van der Waals surface area contributed by atoms with E-state index in [1.165, 1.54) is 10.7 Å². The Hall–Kier alpha value is -2.67. The topological polar surface area (TPSA) is 54.6 Å². The van der Waals surface area contributed by atoms with E-state index in [0.29, 0.717) is 36.0 Å². The van der Waals surface area contributed by atoms with Crippen LogP contribution < -0.4 is 0 Å². The number of ketones is 1. The van der Waals surface area contributed by atoms with Crippen LogP contribution in [0, 0.1) is 5.92 Å². The van der Waals surface area contributed by atoms with Gasteiger partial charge in [-0.05, 0) is 56.2 Å². The summed E-state index contributed by atoms with van der Waals surface area (Å²) in [6, 6.07) is 11.4. The fourth-order valence-corrected chi connectivity index (χ4v) is 5.00. The first-order valence-corrected chi connectivity index (χ1v) is 11.5. The molecule has 4 nitrogen and oxygen atoms in total. The number of aryl methyl sites for hydroxylation is 1. The van der Waals surface area contributed by atoms with Gasteiger partial charge in [0.15, 0.2) is 0 Å². The number of halogens is 3. The third-order valence-electron chi connectivity index (χ3n) is 6.76. The van der Waals surface area contributed by atoms with Crippen LogP contribution in [0.1, 0.15) is 63.1 Å². The Morgan fingerprint density at radius 1 is 1.15 bits per heavy atom. The van der Waals surface area contributed by atoms with Gasteiger partial charge in [-0.25, -0.2) is 4.52 Å². The van der Waals surface area contributed by atoms with Crippen LogP contribution in [0.25, 0.3) is 16.6 Å². The zero-order chi connectivity index (χ0) is 23.6. The van der Waals surface area contributed by atoms with Crippen LogP contribution >= 0.6 is 0 Å². The molecular weight excluding hydrogens is 429 g/mol. The minimum absolute atomic E-state index is 0.0104. The van der Waals surface area contributed by atoms with Gasteiger partial charge in [0.05, 0.1) is 22.4 Å². The normalized spacial score (nSPS) is 16.9. The molecule has 3 aromatic rings. The van der Waals surface area contributed by atoms with Gasteiger partial charge in [-0.1, -0.05) is 43.2 Å². The van der Waals surface area contributed by atoms with Gasteiger partial charge in [0, 0.05) is 24.6 Å². The van der Waals surface area contributed by atoms with Crippen molar-refractivity contribution in [3.63, 3.8) is 0 Å². The number of carbonyl (C=O) groups is 1. The van der Waals surface area contributed by atoms with E-state index in [9.17, 15) is 23.1 Å². The highest BCUT2D eigenvalue weighted by atomic mass is 19.4. The summed E-state index contributed by atoms with van der Waals surface area (Å²) in [5, 5.41) is 15.3. The average Bonchev–Trinajstić information content (AvgIpc) is 3.41.